The van der Waals surface area contributed by atoms with Gasteiger partial charge in [-0.15, -0.1) is 0 Å². The van der Waals surface area contributed by atoms with E-state index >= 15 is 0 Å². The largest absolute Gasteiger partial charge is 0.480 e. The van der Waals surface area contributed by atoms with Crippen LogP contribution in [-0.2, 0) is 11.3 Å². The van der Waals surface area contributed by atoms with E-state index in [1.165, 1.54) is 6.07 Å². The van der Waals surface area contributed by atoms with Gasteiger partial charge in [-0.1, -0.05) is 35.3 Å². The van der Waals surface area contributed by atoms with Crippen LogP contribution in [0.15, 0.2) is 42.5 Å². The van der Waals surface area contributed by atoms with Crippen LogP contribution in [0.2, 0.25) is 10.0 Å². The highest BCUT2D eigenvalue weighted by atomic mass is 35.5. The number of benzene rings is 2. The zero-order valence-corrected chi connectivity index (χ0v) is 15.4. The first kappa shape index (κ1) is 18.7. The highest BCUT2D eigenvalue weighted by Crippen LogP contribution is 2.24. The summed E-state index contributed by atoms with van der Waals surface area (Å²) < 4.78 is 0. The SMILES string of the molecule is O=C(Nc1cccc(CN2CCC[C@@H]2C(=O)O)c1)c1ccc(Cl)cc1Cl. The minimum atomic E-state index is -0.788. The number of hydrogen-bond donors (Lipinski definition) is 2. The van der Waals surface area contributed by atoms with Crippen LogP contribution in [0.1, 0.15) is 28.8 Å². The second kappa shape index (κ2) is 8.08. The van der Waals surface area contributed by atoms with Crippen LogP contribution in [0.5, 0.6) is 0 Å². The van der Waals surface area contributed by atoms with Crippen LogP contribution in [0, 0.1) is 0 Å². The Kier molecular flexibility index (Phi) is 5.81. The predicted molar refractivity (Wildman–Crippen MR) is 102 cm³/mol. The van der Waals surface area contributed by atoms with Gasteiger partial charge in [-0.05, 0) is 55.3 Å². The molecule has 0 aliphatic carbocycles. The molecular weight excluding hydrogens is 375 g/mol. The maximum absolute atomic E-state index is 12.4. The molecule has 0 saturated carbocycles. The number of halogens is 2. The number of nitrogens with one attached hydrogen (secondary N) is 1. The van der Waals surface area contributed by atoms with Gasteiger partial charge < -0.3 is 10.4 Å². The normalized spacial score (nSPS) is 17.2. The van der Waals surface area contributed by atoms with E-state index in [2.05, 4.69) is 5.32 Å². The number of aliphatic carboxylic acids is 1. The summed E-state index contributed by atoms with van der Waals surface area (Å²) >= 11 is 11.9. The smallest absolute Gasteiger partial charge is 0.320 e. The monoisotopic (exact) mass is 392 g/mol. The quantitative estimate of drug-likeness (QED) is 0.795. The number of amides is 1. The molecule has 1 fully saturated rings. The van der Waals surface area contributed by atoms with E-state index in [4.69, 9.17) is 23.2 Å². The van der Waals surface area contributed by atoms with Crippen LogP contribution in [0.3, 0.4) is 0 Å². The fourth-order valence-corrected chi connectivity index (χ4v) is 3.64. The highest BCUT2D eigenvalue weighted by molar-refractivity contribution is 6.37. The summed E-state index contributed by atoms with van der Waals surface area (Å²) in [6, 6.07) is 11.6. The summed E-state index contributed by atoms with van der Waals surface area (Å²) in [6.45, 7) is 1.29. The molecule has 0 radical (unpaired) electrons. The number of carbonyl (C=O) groups is 2. The lowest BCUT2D eigenvalue weighted by Gasteiger charge is -2.21. The molecular formula is C19H18Cl2N2O3. The van der Waals surface area contributed by atoms with Crippen molar-refractivity contribution in [3.63, 3.8) is 0 Å². The van der Waals surface area contributed by atoms with Crippen molar-refractivity contribution in [2.24, 2.45) is 0 Å². The first-order valence-corrected chi connectivity index (χ1v) is 9.02. The van der Waals surface area contributed by atoms with Crippen molar-refractivity contribution in [3.05, 3.63) is 63.6 Å². The molecule has 0 bridgehead atoms. The molecule has 0 aromatic heterocycles. The van der Waals surface area contributed by atoms with E-state index in [9.17, 15) is 14.7 Å². The molecule has 7 heteroatoms. The standard InChI is InChI=1S/C19H18Cl2N2O3/c20-13-6-7-15(16(21)10-13)18(24)22-14-4-1-3-12(9-14)11-23-8-2-5-17(23)19(25)26/h1,3-4,6-7,9-10,17H,2,5,8,11H2,(H,22,24)(H,25,26)/t17-/m1/s1. The average molecular weight is 393 g/mol. The Hall–Kier alpha value is -2.08. The third-order valence-electron chi connectivity index (χ3n) is 4.39. The van der Waals surface area contributed by atoms with Crippen LogP contribution < -0.4 is 5.32 Å². The average Bonchev–Trinajstić information content (AvgIpc) is 3.03. The molecule has 2 aromatic rings. The Bertz CT molecular complexity index is 841. The lowest BCUT2D eigenvalue weighted by Crippen LogP contribution is -2.35. The molecule has 1 aliphatic heterocycles. The van der Waals surface area contributed by atoms with E-state index < -0.39 is 12.0 Å². The molecule has 26 heavy (non-hydrogen) atoms. The zero-order valence-electron chi connectivity index (χ0n) is 13.9. The molecule has 2 N–H and O–H groups in total. The summed E-state index contributed by atoms with van der Waals surface area (Å²) in [7, 11) is 0. The maximum atomic E-state index is 12.4. The van der Waals surface area contributed by atoms with E-state index in [1.807, 2.05) is 23.1 Å². The van der Waals surface area contributed by atoms with Crippen LogP contribution in [-0.4, -0.2) is 34.5 Å². The summed E-state index contributed by atoms with van der Waals surface area (Å²) in [5.41, 5.74) is 1.91. The van der Waals surface area contributed by atoms with Crippen LogP contribution in [0.25, 0.3) is 0 Å². The van der Waals surface area contributed by atoms with Crippen molar-refractivity contribution >= 4 is 40.8 Å². The van der Waals surface area contributed by atoms with Crippen LogP contribution in [0.4, 0.5) is 5.69 Å². The number of nitrogens with zero attached hydrogens (tertiary/aromatic N) is 1. The summed E-state index contributed by atoms with van der Waals surface area (Å²) in [6.07, 6.45) is 1.54. The van der Waals surface area contributed by atoms with Gasteiger partial charge in [0.15, 0.2) is 0 Å². The number of hydrogen-bond acceptors (Lipinski definition) is 3. The first-order chi connectivity index (χ1) is 12.4. The molecule has 0 spiro atoms. The van der Waals surface area contributed by atoms with E-state index in [-0.39, 0.29) is 10.9 Å². The Labute approximate surface area is 161 Å². The van der Waals surface area contributed by atoms with Crippen molar-refractivity contribution in [1.29, 1.82) is 0 Å². The molecule has 136 valence electrons. The summed E-state index contributed by atoms with van der Waals surface area (Å²) in [5.74, 6) is -1.11. The lowest BCUT2D eigenvalue weighted by atomic mass is 10.1. The molecule has 1 atom stereocenters. The van der Waals surface area contributed by atoms with Crippen molar-refractivity contribution in [2.45, 2.75) is 25.4 Å². The van der Waals surface area contributed by atoms with Crippen molar-refractivity contribution in [2.75, 3.05) is 11.9 Å². The Morgan fingerprint density at radius 1 is 1.19 bits per heavy atom. The van der Waals surface area contributed by atoms with Gasteiger partial charge in [-0.25, -0.2) is 0 Å². The van der Waals surface area contributed by atoms with Crippen molar-refractivity contribution < 1.29 is 14.7 Å². The van der Waals surface area contributed by atoms with Gasteiger partial charge in [-0.2, -0.15) is 0 Å². The Balaban J connectivity index is 1.71. The third-order valence-corrected chi connectivity index (χ3v) is 4.94. The molecule has 1 heterocycles. The summed E-state index contributed by atoms with van der Waals surface area (Å²) in [5, 5.41) is 12.9. The van der Waals surface area contributed by atoms with Crippen molar-refractivity contribution in [1.82, 2.24) is 4.90 Å². The lowest BCUT2D eigenvalue weighted by molar-refractivity contribution is -0.142. The molecule has 3 rings (SSSR count). The van der Waals surface area contributed by atoms with Gasteiger partial charge >= 0.3 is 5.97 Å². The van der Waals surface area contributed by atoms with Crippen molar-refractivity contribution in [3.8, 4) is 0 Å². The highest BCUT2D eigenvalue weighted by Gasteiger charge is 2.30. The number of rotatable bonds is 5. The maximum Gasteiger partial charge on any atom is 0.320 e. The fraction of sp³-hybridized carbons (Fsp3) is 0.263. The fourth-order valence-electron chi connectivity index (χ4n) is 3.15. The zero-order chi connectivity index (χ0) is 18.7. The molecule has 0 unspecified atom stereocenters. The number of anilines is 1. The minimum absolute atomic E-state index is 0.285. The van der Waals surface area contributed by atoms with Gasteiger partial charge in [0.25, 0.3) is 5.91 Å². The molecule has 1 saturated heterocycles. The van der Waals surface area contributed by atoms with Gasteiger partial charge in [0.1, 0.15) is 6.04 Å². The number of carboxylic acid groups (broad SMARTS) is 1. The Morgan fingerprint density at radius 2 is 2.00 bits per heavy atom. The van der Waals surface area contributed by atoms with Gasteiger partial charge in [0.2, 0.25) is 0 Å². The molecule has 5 nitrogen and oxygen atoms in total. The van der Waals surface area contributed by atoms with E-state index in [0.717, 1.165) is 18.5 Å². The predicted octanol–water partition coefficient (Wildman–Crippen LogP) is 4.29. The van der Waals surface area contributed by atoms with Crippen LogP contribution >= 0.6 is 23.2 Å². The number of carboxylic acids is 1. The second-order valence-corrected chi connectivity index (χ2v) is 7.09. The van der Waals surface area contributed by atoms with E-state index in [1.54, 1.807) is 18.2 Å². The first-order valence-electron chi connectivity index (χ1n) is 8.26. The topological polar surface area (TPSA) is 69.6 Å². The van der Waals surface area contributed by atoms with Gasteiger partial charge in [-0.3, -0.25) is 14.5 Å². The molecule has 1 aliphatic rings. The number of carbonyl (C=O) groups excluding carboxylic acids is 1. The molecule has 2 aromatic carbocycles. The number of likely N-dealkylation sites (tertiary alicyclic amines) is 1. The second-order valence-electron chi connectivity index (χ2n) is 6.25. The van der Waals surface area contributed by atoms with E-state index in [0.29, 0.717) is 29.2 Å². The molecule has 1 amide bonds. The Morgan fingerprint density at radius 3 is 2.73 bits per heavy atom. The third kappa shape index (κ3) is 4.36. The summed E-state index contributed by atoms with van der Waals surface area (Å²) in [4.78, 5) is 25.7. The van der Waals surface area contributed by atoms with Gasteiger partial charge in [0, 0.05) is 17.3 Å². The van der Waals surface area contributed by atoms with Gasteiger partial charge in [0.05, 0.1) is 10.6 Å². The minimum Gasteiger partial charge on any atom is -0.480 e.